The normalized spacial score (nSPS) is 11.9. The lowest BCUT2D eigenvalue weighted by Gasteiger charge is -2.17. The van der Waals surface area contributed by atoms with E-state index in [-0.39, 0.29) is 5.56 Å². The van der Waals surface area contributed by atoms with Crippen molar-refractivity contribution in [3.63, 3.8) is 0 Å². The van der Waals surface area contributed by atoms with Gasteiger partial charge in [-0.2, -0.15) is 0 Å². The highest BCUT2D eigenvalue weighted by molar-refractivity contribution is 5.96. The molecule has 0 fully saturated rings. The highest BCUT2D eigenvalue weighted by atomic mass is 16.5. The molecule has 1 unspecified atom stereocenters. The fourth-order valence-corrected chi connectivity index (χ4v) is 3.29. The number of carbonyl (C=O) groups is 1. The van der Waals surface area contributed by atoms with Crippen LogP contribution in [0.1, 0.15) is 34.6 Å². The van der Waals surface area contributed by atoms with E-state index >= 15 is 0 Å². The molecule has 2 aromatic heterocycles. The van der Waals surface area contributed by atoms with Gasteiger partial charge in [-0.1, -0.05) is 30.3 Å². The second-order valence-electron chi connectivity index (χ2n) is 6.81. The average molecular weight is 403 g/mol. The standard InChI is InChI=1S/C24H21NO5/c1-2-28-18-11-9-16(10-12-18)14-20(22-8-5-13-29-22)25-23(26)19-15-17-6-3-4-7-21(17)30-24(19)27/h3-13,15,20H,2,14H2,1H3,(H,25,26). The van der Waals surface area contributed by atoms with Crippen molar-refractivity contribution in [2.75, 3.05) is 6.61 Å². The predicted molar refractivity (Wildman–Crippen MR) is 113 cm³/mol. The van der Waals surface area contributed by atoms with Gasteiger partial charge in [0.1, 0.15) is 22.7 Å². The molecule has 0 saturated carbocycles. The SMILES string of the molecule is CCOc1ccc(CC(NC(=O)c2cc3ccccc3oc2=O)c2ccco2)cc1. The van der Waals surface area contributed by atoms with Gasteiger partial charge in [0.05, 0.1) is 18.9 Å². The van der Waals surface area contributed by atoms with E-state index in [4.69, 9.17) is 13.6 Å². The third-order valence-electron chi connectivity index (χ3n) is 4.75. The van der Waals surface area contributed by atoms with Crippen molar-refractivity contribution in [1.82, 2.24) is 5.32 Å². The number of para-hydroxylation sites is 1. The maximum Gasteiger partial charge on any atom is 0.349 e. The molecular weight excluding hydrogens is 382 g/mol. The van der Waals surface area contributed by atoms with Crippen LogP contribution in [0.5, 0.6) is 5.75 Å². The van der Waals surface area contributed by atoms with Gasteiger partial charge in [-0.25, -0.2) is 4.79 Å². The fraction of sp³-hybridized carbons (Fsp3) is 0.167. The molecular formula is C24H21NO5. The number of carbonyl (C=O) groups excluding carboxylic acids is 1. The molecule has 6 heteroatoms. The number of fused-ring (bicyclic) bond motifs is 1. The van der Waals surface area contributed by atoms with Crippen molar-refractivity contribution in [1.29, 1.82) is 0 Å². The Morgan fingerprint density at radius 3 is 2.60 bits per heavy atom. The summed E-state index contributed by atoms with van der Waals surface area (Å²) in [6.07, 6.45) is 2.04. The van der Waals surface area contributed by atoms with Crippen LogP contribution in [0.2, 0.25) is 0 Å². The molecule has 0 aliphatic heterocycles. The number of hydrogen-bond donors (Lipinski definition) is 1. The van der Waals surface area contributed by atoms with Crippen molar-refractivity contribution >= 4 is 16.9 Å². The van der Waals surface area contributed by atoms with Gasteiger partial charge in [-0.15, -0.1) is 0 Å². The summed E-state index contributed by atoms with van der Waals surface area (Å²) < 4.78 is 16.3. The smallest absolute Gasteiger partial charge is 0.349 e. The highest BCUT2D eigenvalue weighted by Gasteiger charge is 2.21. The van der Waals surface area contributed by atoms with Gasteiger partial charge in [-0.05, 0) is 55.3 Å². The summed E-state index contributed by atoms with van der Waals surface area (Å²) in [6.45, 7) is 2.53. The van der Waals surface area contributed by atoms with Crippen LogP contribution >= 0.6 is 0 Å². The topological polar surface area (TPSA) is 81.7 Å². The lowest BCUT2D eigenvalue weighted by Crippen LogP contribution is -2.32. The first-order chi connectivity index (χ1) is 14.6. The Kier molecular flexibility index (Phi) is 5.66. The molecule has 0 spiro atoms. The molecule has 1 atom stereocenters. The minimum absolute atomic E-state index is 0.0445. The molecule has 0 saturated heterocycles. The maximum absolute atomic E-state index is 12.9. The van der Waals surface area contributed by atoms with E-state index < -0.39 is 17.6 Å². The highest BCUT2D eigenvalue weighted by Crippen LogP contribution is 2.22. The van der Waals surface area contributed by atoms with Gasteiger partial charge in [-0.3, -0.25) is 4.79 Å². The van der Waals surface area contributed by atoms with Gasteiger partial charge < -0.3 is 18.9 Å². The fourth-order valence-electron chi connectivity index (χ4n) is 3.29. The second-order valence-corrected chi connectivity index (χ2v) is 6.81. The van der Waals surface area contributed by atoms with E-state index in [0.29, 0.717) is 29.8 Å². The quantitative estimate of drug-likeness (QED) is 0.460. The third-order valence-corrected chi connectivity index (χ3v) is 4.75. The predicted octanol–water partition coefficient (Wildman–Crippen LogP) is 4.50. The van der Waals surface area contributed by atoms with Crippen LogP contribution < -0.4 is 15.7 Å². The van der Waals surface area contributed by atoms with E-state index in [1.54, 1.807) is 42.7 Å². The summed E-state index contributed by atoms with van der Waals surface area (Å²) in [5.41, 5.74) is 0.712. The number of hydrogen-bond acceptors (Lipinski definition) is 5. The summed E-state index contributed by atoms with van der Waals surface area (Å²) >= 11 is 0. The van der Waals surface area contributed by atoms with Crippen molar-refractivity contribution < 1.29 is 18.4 Å². The van der Waals surface area contributed by atoms with Crippen LogP contribution in [0.3, 0.4) is 0 Å². The molecule has 152 valence electrons. The van der Waals surface area contributed by atoms with Crippen molar-refractivity contribution in [3.8, 4) is 5.75 Å². The molecule has 30 heavy (non-hydrogen) atoms. The van der Waals surface area contributed by atoms with Crippen molar-refractivity contribution in [2.24, 2.45) is 0 Å². The van der Waals surface area contributed by atoms with E-state index in [1.165, 1.54) is 0 Å². The lowest BCUT2D eigenvalue weighted by atomic mass is 10.0. The Bertz CT molecular complexity index is 1190. The molecule has 0 aliphatic carbocycles. The number of ether oxygens (including phenoxy) is 1. The van der Waals surface area contributed by atoms with Crippen molar-refractivity contribution in [2.45, 2.75) is 19.4 Å². The second kappa shape index (κ2) is 8.69. The lowest BCUT2D eigenvalue weighted by molar-refractivity contribution is 0.0928. The minimum atomic E-state index is -0.675. The van der Waals surface area contributed by atoms with Gasteiger partial charge in [0.2, 0.25) is 0 Å². The van der Waals surface area contributed by atoms with Crippen LogP contribution in [0.25, 0.3) is 11.0 Å². The Morgan fingerprint density at radius 1 is 1.07 bits per heavy atom. The van der Waals surface area contributed by atoms with E-state index in [2.05, 4.69) is 5.32 Å². The average Bonchev–Trinajstić information content (AvgIpc) is 3.29. The summed E-state index contributed by atoms with van der Waals surface area (Å²) in [6, 6.07) is 19.4. The molecule has 2 aromatic carbocycles. The number of rotatable bonds is 7. The first-order valence-electron chi connectivity index (χ1n) is 9.73. The molecule has 0 radical (unpaired) electrons. The molecule has 1 N–H and O–H groups in total. The van der Waals surface area contributed by atoms with Crippen LogP contribution in [-0.2, 0) is 6.42 Å². The van der Waals surface area contributed by atoms with Crippen LogP contribution in [0.15, 0.2) is 86.6 Å². The Morgan fingerprint density at radius 2 is 1.87 bits per heavy atom. The summed E-state index contributed by atoms with van der Waals surface area (Å²) in [7, 11) is 0. The number of amides is 1. The summed E-state index contributed by atoms with van der Waals surface area (Å²) in [4.78, 5) is 25.2. The largest absolute Gasteiger partial charge is 0.494 e. The van der Waals surface area contributed by atoms with E-state index in [0.717, 1.165) is 11.3 Å². The molecule has 1 amide bonds. The third kappa shape index (κ3) is 4.27. The van der Waals surface area contributed by atoms with Crippen molar-refractivity contribution in [3.05, 3.63) is 100 Å². The Balaban J connectivity index is 1.59. The maximum atomic E-state index is 12.9. The molecule has 6 nitrogen and oxygen atoms in total. The molecule has 0 aliphatic rings. The minimum Gasteiger partial charge on any atom is -0.494 e. The zero-order valence-electron chi connectivity index (χ0n) is 16.5. The van der Waals surface area contributed by atoms with Crippen LogP contribution in [-0.4, -0.2) is 12.5 Å². The van der Waals surface area contributed by atoms with Crippen LogP contribution in [0, 0.1) is 0 Å². The summed E-state index contributed by atoms with van der Waals surface area (Å²) in [5, 5.41) is 3.59. The zero-order valence-corrected chi connectivity index (χ0v) is 16.5. The number of furan rings is 1. The molecule has 4 rings (SSSR count). The molecule has 4 aromatic rings. The zero-order chi connectivity index (χ0) is 20.9. The van der Waals surface area contributed by atoms with E-state index in [9.17, 15) is 9.59 Å². The number of nitrogens with one attached hydrogen (secondary N) is 1. The van der Waals surface area contributed by atoms with Gasteiger partial charge in [0, 0.05) is 5.39 Å². The Hall–Kier alpha value is -3.80. The summed E-state index contributed by atoms with van der Waals surface area (Å²) in [5.74, 6) is 0.873. The van der Waals surface area contributed by atoms with Gasteiger partial charge in [0.15, 0.2) is 0 Å². The van der Waals surface area contributed by atoms with Crippen LogP contribution in [0.4, 0.5) is 0 Å². The van der Waals surface area contributed by atoms with Gasteiger partial charge >= 0.3 is 5.63 Å². The molecule has 0 bridgehead atoms. The Labute approximate surface area is 173 Å². The number of benzene rings is 2. The first-order valence-corrected chi connectivity index (χ1v) is 9.73. The van der Waals surface area contributed by atoms with Gasteiger partial charge in [0.25, 0.3) is 5.91 Å². The first kappa shape index (κ1) is 19.5. The monoisotopic (exact) mass is 403 g/mol. The van der Waals surface area contributed by atoms with E-state index in [1.807, 2.05) is 37.3 Å². The molecule has 2 heterocycles.